The summed E-state index contributed by atoms with van der Waals surface area (Å²) in [6.45, 7) is 1.32. The fraction of sp³-hybridized carbons (Fsp3) is 0.143. The smallest absolute Gasteiger partial charge is 0.121 e. The van der Waals surface area contributed by atoms with Gasteiger partial charge in [-0.15, -0.1) is 5.75 Å². The van der Waals surface area contributed by atoms with Crippen molar-refractivity contribution < 1.29 is 20.4 Å². The molecule has 60 valence electrons. The maximum atomic E-state index is 10.8. The molecule has 0 unspecified atom stereocenters. The minimum Gasteiger partial charge on any atom is -0.873 e. The van der Waals surface area contributed by atoms with Gasteiger partial charge in [0.1, 0.15) is 11.5 Å². The molecule has 4 nitrogen and oxygen atoms in total. The maximum absolute atomic E-state index is 10.8. The molecule has 0 aliphatic rings. The van der Waals surface area contributed by atoms with Crippen LogP contribution in [0.3, 0.4) is 0 Å². The summed E-state index contributed by atoms with van der Waals surface area (Å²) in [7, 11) is 0. The van der Waals surface area contributed by atoms with Gasteiger partial charge in [0.2, 0.25) is 0 Å². The van der Waals surface area contributed by atoms with Crippen LogP contribution >= 0.6 is 0 Å². The molecule has 0 aliphatic carbocycles. The van der Waals surface area contributed by atoms with Gasteiger partial charge in [0.15, 0.2) is 0 Å². The summed E-state index contributed by atoms with van der Waals surface area (Å²) in [4.78, 5) is 0. The van der Waals surface area contributed by atoms with E-state index in [4.69, 9.17) is 10.2 Å². The molecule has 0 aromatic heterocycles. The third-order valence-corrected chi connectivity index (χ3v) is 1.44. The van der Waals surface area contributed by atoms with Gasteiger partial charge >= 0.3 is 0 Å². The zero-order chi connectivity index (χ0) is 8.59. The Hall–Kier alpha value is -1.58. The van der Waals surface area contributed by atoms with Crippen LogP contribution in [0.15, 0.2) is 6.07 Å². The summed E-state index contributed by atoms with van der Waals surface area (Å²) < 4.78 is 0. The first-order valence-corrected chi connectivity index (χ1v) is 2.93. The van der Waals surface area contributed by atoms with Gasteiger partial charge < -0.3 is 20.4 Å². The summed E-state index contributed by atoms with van der Waals surface area (Å²) in [5.74, 6) is -2.90. The molecule has 4 heteroatoms. The molecular weight excluding hydrogens is 148 g/mol. The molecule has 0 aliphatic heterocycles. The molecule has 1 aromatic carbocycles. The maximum Gasteiger partial charge on any atom is 0.121 e. The van der Waals surface area contributed by atoms with Gasteiger partial charge in [0.25, 0.3) is 0 Å². The molecule has 1 aromatic rings. The van der Waals surface area contributed by atoms with E-state index in [-0.39, 0.29) is 11.3 Å². The first kappa shape index (κ1) is 7.53. The Morgan fingerprint density at radius 3 is 2.18 bits per heavy atom. The fourth-order valence-electron chi connectivity index (χ4n) is 0.706. The average Bonchev–Trinajstić information content (AvgIpc) is 1.97. The van der Waals surface area contributed by atoms with Crippen LogP contribution in [-0.4, -0.2) is 10.2 Å². The van der Waals surface area contributed by atoms with Crippen molar-refractivity contribution >= 4 is 0 Å². The van der Waals surface area contributed by atoms with Crippen LogP contribution in [0.25, 0.3) is 0 Å². The van der Waals surface area contributed by atoms with E-state index in [1.807, 2.05) is 0 Å². The van der Waals surface area contributed by atoms with Crippen LogP contribution < -0.4 is 10.2 Å². The highest BCUT2D eigenvalue weighted by atomic mass is 16.3. The number of hydrogen-bond acceptors (Lipinski definition) is 4. The van der Waals surface area contributed by atoms with Gasteiger partial charge in [-0.1, -0.05) is 5.75 Å². The van der Waals surface area contributed by atoms with Crippen LogP contribution in [0.2, 0.25) is 0 Å². The Morgan fingerprint density at radius 2 is 1.64 bits per heavy atom. The van der Waals surface area contributed by atoms with Crippen LogP contribution in [0.5, 0.6) is 23.0 Å². The predicted octanol–water partition coefficient (Wildman–Crippen LogP) is -0.447. The summed E-state index contributed by atoms with van der Waals surface area (Å²) >= 11 is 0. The molecular formula is C7H6O4-2. The predicted molar refractivity (Wildman–Crippen MR) is 33.4 cm³/mol. The molecule has 1 rings (SSSR count). The van der Waals surface area contributed by atoms with Crippen molar-refractivity contribution in [3.05, 3.63) is 11.6 Å². The lowest BCUT2D eigenvalue weighted by molar-refractivity contribution is -0.319. The lowest BCUT2D eigenvalue weighted by atomic mass is 10.2. The van der Waals surface area contributed by atoms with E-state index < -0.39 is 17.2 Å². The van der Waals surface area contributed by atoms with Crippen molar-refractivity contribution in [1.29, 1.82) is 0 Å². The van der Waals surface area contributed by atoms with Gasteiger partial charge in [-0.05, 0) is 12.5 Å². The van der Waals surface area contributed by atoms with Crippen molar-refractivity contribution in [2.75, 3.05) is 0 Å². The Morgan fingerprint density at radius 1 is 1.09 bits per heavy atom. The number of aromatic hydroxyl groups is 2. The molecule has 0 fully saturated rings. The number of phenolic OH excluding ortho intramolecular Hbond substituents is 2. The zero-order valence-corrected chi connectivity index (χ0v) is 5.79. The second kappa shape index (κ2) is 2.23. The third-order valence-electron chi connectivity index (χ3n) is 1.44. The van der Waals surface area contributed by atoms with E-state index in [1.54, 1.807) is 0 Å². The van der Waals surface area contributed by atoms with Crippen molar-refractivity contribution in [2.24, 2.45) is 0 Å². The number of rotatable bonds is 0. The number of benzene rings is 1. The Labute approximate surface area is 63.0 Å². The number of hydrogen-bond donors (Lipinski definition) is 2. The van der Waals surface area contributed by atoms with Crippen LogP contribution in [0.1, 0.15) is 5.56 Å². The molecule has 0 atom stereocenters. The standard InChI is InChI=1S/C7H8O4/c1-3-4(8)2-5(9)7(11)6(3)10/h2,8-11H,1H3/p-2. The lowest BCUT2D eigenvalue weighted by Gasteiger charge is -2.22. The molecule has 0 saturated heterocycles. The second-order valence-corrected chi connectivity index (χ2v) is 2.20. The lowest BCUT2D eigenvalue weighted by Crippen LogP contribution is -2.01. The highest BCUT2D eigenvalue weighted by Crippen LogP contribution is 2.37. The molecule has 0 radical (unpaired) electrons. The first-order chi connectivity index (χ1) is 5.04. The van der Waals surface area contributed by atoms with Gasteiger partial charge in [-0.2, -0.15) is 0 Å². The highest BCUT2D eigenvalue weighted by Gasteiger charge is 1.99. The van der Waals surface area contributed by atoms with Gasteiger partial charge in [0, 0.05) is 6.07 Å². The number of phenols is 2. The van der Waals surface area contributed by atoms with Gasteiger partial charge in [-0.25, -0.2) is 0 Å². The summed E-state index contributed by atoms with van der Waals surface area (Å²) in [6.07, 6.45) is 0. The molecule has 0 amide bonds. The van der Waals surface area contributed by atoms with Crippen molar-refractivity contribution in [1.82, 2.24) is 0 Å². The van der Waals surface area contributed by atoms with E-state index in [2.05, 4.69) is 0 Å². The van der Waals surface area contributed by atoms with Crippen LogP contribution in [0, 0.1) is 6.92 Å². The molecule has 0 spiro atoms. The topological polar surface area (TPSA) is 86.6 Å². The fourth-order valence-corrected chi connectivity index (χ4v) is 0.706. The SMILES string of the molecule is Cc1c(O)cc(O)c([O-])c1[O-]. The van der Waals surface area contributed by atoms with Crippen molar-refractivity contribution in [2.45, 2.75) is 6.92 Å². The molecule has 0 heterocycles. The second-order valence-electron chi connectivity index (χ2n) is 2.20. The first-order valence-electron chi connectivity index (χ1n) is 2.93. The van der Waals surface area contributed by atoms with Crippen LogP contribution in [0.4, 0.5) is 0 Å². The van der Waals surface area contributed by atoms with Crippen molar-refractivity contribution in [3.63, 3.8) is 0 Å². The molecule has 0 saturated carbocycles. The van der Waals surface area contributed by atoms with E-state index in [9.17, 15) is 10.2 Å². The van der Waals surface area contributed by atoms with Crippen molar-refractivity contribution in [3.8, 4) is 23.0 Å². The van der Waals surface area contributed by atoms with Gasteiger partial charge in [0.05, 0.1) is 0 Å². The third kappa shape index (κ3) is 1.02. The molecule has 2 N–H and O–H groups in total. The summed E-state index contributed by atoms with van der Waals surface area (Å²) in [5, 5.41) is 39.1. The largest absolute Gasteiger partial charge is 0.873 e. The highest BCUT2D eigenvalue weighted by molar-refractivity contribution is 5.57. The quantitative estimate of drug-likeness (QED) is 0.530. The Kier molecular flexibility index (Phi) is 1.53. The molecule has 11 heavy (non-hydrogen) atoms. The summed E-state index contributed by atoms with van der Waals surface area (Å²) in [5.41, 5.74) is -0.0344. The van der Waals surface area contributed by atoms with E-state index in [0.717, 1.165) is 6.07 Å². The van der Waals surface area contributed by atoms with E-state index in [1.165, 1.54) is 6.92 Å². The van der Waals surface area contributed by atoms with E-state index in [0.29, 0.717) is 0 Å². The normalized spacial score (nSPS) is 9.91. The zero-order valence-electron chi connectivity index (χ0n) is 5.79. The summed E-state index contributed by atoms with van der Waals surface area (Å²) in [6, 6.07) is 0.860. The molecule has 0 bridgehead atoms. The monoisotopic (exact) mass is 154 g/mol. The Bertz CT molecular complexity index is 267. The van der Waals surface area contributed by atoms with E-state index >= 15 is 0 Å². The van der Waals surface area contributed by atoms with Crippen LogP contribution in [-0.2, 0) is 0 Å². The van der Waals surface area contributed by atoms with Gasteiger partial charge in [-0.3, -0.25) is 0 Å². The minimum atomic E-state index is -0.972. The minimum absolute atomic E-state index is 0.0344. The Balaban J connectivity index is 3.46. The average molecular weight is 154 g/mol.